The maximum absolute atomic E-state index is 12.8. The van der Waals surface area contributed by atoms with E-state index in [0.717, 1.165) is 24.9 Å². The fraction of sp³-hybridized carbons (Fsp3) is 0.440. The van der Waals surface area contributed by atoms with Crippen LogP contribution in [0.4, 0.5) is 0 Å². The average molecular weight is 404 g/mol. The normalized spacial score (nSPS) is 20.1. The molecular weight excluding hydrogens is 374 g/mol. The zero-order valence-corrected chi connectivity index (χ0v) is 17.8. The summed E-state index contributed by atoms with van der Waals surface area (Å²) in [4.78, 5) is 25.8. The number of methoxy groups -OCH3 is 1. The van der Waals surface area contributed by atoms with Gasteiger partial charge in [0.2, 0.25) is 5.88 Å². The van der Waals surface area contributed by atoms with Gasteiger partial charge in [-0.3, -0.25) is 4.79 Å². The first-order valence-electron chi connectivity index (χ1n) is 10.9. The molecule has 0 aliphatic heterocycles. The molecule has 4 rings (SSSR count). The summed E-state index contributed by atoms with van der Waals surface area (Å²) >= 11 is 0. The predicted octanol–water partition coefficient (Wildman–Crippen LogP) is 5.61. The summed E-state index contributed by atoms with van der Waals surface area (Å²) in [6.07, 6.45) is 11.6. The second kappa shape index (κ2) is 9.33. The van der Waals surface area contributed by atoms with E-state index in [1.807, 2.05) is 18.3 Å². The number of fused-ring (bicyclic) bond motifs is 1. The number of carbonyl (C=O) groups excluding carboxylic acids is 1. The van der Waals surface area contributed by atoms with E-state index in [2.05, 4.69) is 34.0 Å². The van der Waals surface area contributed by atoms with E-state index in [0.29, 0.717) is 35.6 Å². The van der Waals surface area contributed by atoms with Crippen molar-refractivity contribution in [2.24, 2.45) is 11.8 Å². The molecule has 1 fully saturated rings. The number of hydrogen-bond donors (Lipinski definition) is 0. The third-order valence-corrected chi connectivity index (χ3v) is 6.67. The molecule has 1 atom stereocenters. The summed E-state index contributed by atoms with van der Waals surface area (Å²) in [5.41, 5.74) is 2.89. The number of pyridine rings is 3. The number of hydrogen-bond acceptors (Lipinski definition) is 5. The molecule has 0 unspecified atom stereocenters. The van der Waals surface area contributed by atoms with Crippen LogP contribution in [0.15, 0.2) is 48.9 Å². The molecule has 0 aromatic carbocycles. The number of rotatable bonds is 7. The third-order valence-electron chi connectivity index (χ3n) is 6.67. The van der Waals surface area contributed by atoms with E-state index in [9.17, 15) is 4.79 Å². The lowest BCUT2D eigenvalue weighted by Gasteiger charge is -2.34. The minimum absolute atomic E-state index is 0.185. The first-order chi connectivity index (χ1) is 14.7. The summed E-state index contributed by atoms with van der Waals surface area (Å²) in [6, 6.07) is 9.86. The highest BCUT2D eigenvalue weighted by molar-refractivity contribution is 5.96. The highest BCUT2D eigenvalue weighted by Crippen LogP contribution is 2.42. The molecule has 0 amide bonds. The molecule has 1 aliphatic carbocycles. The van der Waals surface area contributed by atoms with Crippen molar-refractivity contribution in [2.45, 2.75) is 51.4 Å². The van der Waals surface area contributed by atoms with Crippen molar-refractivity contribution in [3.8, 4) is 5.88 Å². The molecule has 0 N–H and O–H groups in total. The van der Waals surface area contributed by atoms with Crippen molar-refractivity contribution in [3.63, 3.8) is 0 Å². The van der Waals surface area contributed by atoms with Crippen LogP contribution >= 0.6 is 0 Å². The van der Waals surface area contributed by atoms with Gasteiger partial charge in [-0.1, -0.05) is 13.3 Å². The van der Waals surface area contributed by atoms with Gasteiger partial charge in [-0.15, -0.1) is 0 Å². The van der Waals surface area contributed by atoms with Crippen LogP contribution in [0, 0.1) is 11.8 Å². The molecule has 30 heavy (non-hydrogen) atoms. The quantitative estimate of drug-likeness (QED) is 0.480. The Morgan fingerprint density at radius 3 is 2.57 bits per heavy atom. The lowest BCUT2D eigenvalue weighted by atomic mass is 9.71. The lowest BCUT2D eigenvalue weighted by Crippen LogP contribution is -2.23. The molecule has 1 saturated carbocycles. The smallest absolute Gasteiger partial charge is 0.212 e. The second-order valence-corrected chi connectivity index (χ2v) is 8.27. The van der Waals surface area contributed by atoms with E-state index in [4.69, 9.17) is 4.74 Å². The Labute approximate surface area is 177 Å². The molecule has 5 heteroatoms. The highest BCUT2D eigenvalue weighted by atomic mass is 16.5. The minimum Gasteiger partial charge on any atom is -0.481 e. The van der Waals surface area contributed by atoms with Gasteiger partial charge in [-0.25, -0.2) is 15.0 Å². The zero-order chi connectivity index (χ0) is 20.9. The molecule has 3 heterocycles. The Balaban J connectivity index is 1.40. The molecule has 5 nitrogen and oxygen atoms in total. The molecule has 0 spiro atoms. The number of ketones is 1. The number of aromatic nitrogens is 3. The van der Waals surface area contributed by atoms with Gasteiger partial charge in [0.25, 0.3) is 0 Å². The molecule has 0 bridgehead atoms. The monoisotopic (exact) mass is 403 g/mol. The number of nitrogens with zero attached hydrogens (tertiary/aromatic N) is 3. The van der Waals surface area contributed by atoms with Crippen molar-refractivity contribution in [3.05, 3.63) is 60.0 Å². The summed E-state index contributed by atoms with van der Waals surface area (Å²) in [7, 11) is 1.58. The second-order valence-electron chi connectivity index (χ2n) is 8.27. The zero-order valence-electron chi connectivity index (χ0n) is 17.8. The first-order valence-corrected chi connectivity index (χ1v) is 10.9. The van der Waals surface area contributed by atoms with Crippen LogP contribution in [0.5, 0.6) is 5.88 Å². The van der Waals surface area contributed by atoms with Crippen molar-refractivity contribution in [1.29, 1.82) is 0 Å². The topological polar surface area (TPSA) is 65.0 Å². The Morgan fingerprint density at radius 1 is 1.07 bits per heavy atom. The summed E-state index contributed by atoms with van der Waals surface area (Å²) < 4.78 is 5.09. The number of carbonyl (C=O) groups is 1. The van der Waals surface area contributed by atoms with Gasteiger partial charge in [0.15, 0.2) is 11.4 Å². The predicted molar refractivity (Wildman–Crippen MR) is 118 cm³/mol. The van der Waals surface area contributed by atoms with Crippen LogP contribution in [0.25, 0.3) is 11.0 Å². The van der Waals surface area contributed by atoms with E-state index < -0.39 is 0 Å². The van der Waals surface area contributed by atoms with Gasteiger partial charge in [0, 0.05) is 42.0 Å². The van der Waals surface area contributed by atoms with Crippen molar-refractivity contribution >= 4 is 16.8 Å². The summed E-state index contributed by atoms with van der Waals surface area (Å²) in [5.74, 6) is 2.31. The van der Waals surface area contributed by atoms with Crippen molar-refractivity contribution in [2.75, 3.05) is 7.11 Å². The molecule has 156 valence electrons. The maximum Gasteiger partial charge on any atom is 0.212 e. The fourth-order valence-corrected chi connectivity index (χ4v) is 4.93. The summed E-state index contributed by atoms with van der Waals surface area (Å²) in [6.45, 7) is 2.21. The Kier molecular flexibility index (Phi) is 6.36. The molecular formula is C25H29N3O2. The Bertz CT molecular complexity index is 989. The van der Waals surface area contributed by atoms with Gasteiger partial charge < -0.3 is 4.74 Å². The maximum atomic E-state index is 12.8. The highest BCUT2D eigenvalue weighted by Gasteiger charge is 2.29. The van der Waals surface area contributed by atoms with Crippen molar-refractivity contribution < 1.29 is 9.53 Å². The van der Waals surface area contributed by atoms with E-state index >= 15 is 0 Å². The van der Waals surface area contributed by atoms with Crippen LogP contribution in [-0.4, -0.2) is 27.8 Å². The molecule has 0 radical (unpaired) electrons. The van der Waals surface area contributed by atoms with Gasteiger partial charge in [-0.05, 0) is 73.3 Å². The number of Topliss-reactive ketones (excluding diaryl/α,β-unsaturated/α-hetero) is 1. The van der Waals surface area contributed by atoms with E-state index in [1.165, 1.54) is 23.8 Å². The number of ether oxygens (including phenoxy) is 1. The lowest BCUT2D eigenvalue weighted by molar-refractivity contribution is 0.0925. The van der Waals surface area contributed by atoms with Gasteiger partial charge in [-0.2, -0.15) is 0 Å². The van der Waals surface area contributed by atoms with Gasteiger partial charge in [0.05, 0.1) is 7.11 Å². The Hall–Kier alpha value is -2.82. The van der Waals surface area contributed by atoms with Crippen LogP contribution in [0.1, 0.15) is 67.3 Å². The largest absolute Gasteiger partial charge is 0.481 e. The van der Waals surface area contributed by atoms with Crippen LogP contribution in [0.2, 0.25) is 0 Å². The van der Waals surface area contributed by atoms with Crippen LogP contribution in [0.3, 0.4) is 0 Å². The fourth-order valence-electron chi connectivity index (χ4n) is 4.93. The first kappa shape index (κ1) is 20.5. The van der Waals surface area contributed by atoms with Crippen LogP contribution in [-0.2, 0) is 0 Å². The molecule has 0 saturated heterocycles. The van der Waals surface area contributed by atoms with Crippen molar-refractivity contribution in [1.82, 2.24) is 15.0 Å². The minimum atomic E-state index is 0.185. The SMILES string of the molecule is CC[C@H](CC(=O)c1ccc(OC)nc1)C1CCC(c2ccnc3ncccc23)CC1. The van der Waals surface area contributed by atoms with Gasteiger partial charge >= 0.3 is 0 Å². The third kappa shape index (κ3) is 4.35. The molecule has 3 aromatic heterocycles. The molecule has 3 aromatic rings. The summed E-state index contributed by atoms with van der Waals surface area (Å²) in [5, 5.41) is 1.18. The van der Waals surface area contributed by atoms with Crippen LogP contribution < -0.4 is 4.74 Å². The van der Waals surface area contributed by atoms with Gasteiger partial charge in [0.1, 0.15) is 0 Å². The standard InChI is InChI=1S/C25H29N3O2/c1-3-17(15-23(29)20-10-11-24(30-2)28-16-20)18-6-8-19(9-7-18)21-12-14-27-25-22(21)5-4-13-26-25/h4-5,10-14,16-19H,3,6-9,15H2,1-2H3/t17-,18?,19?/m1/s1. The average Bonchev–Trinajstić information content (AvgIpc) is 2.82. The van der Waals surface area contributed by atoms with E-state index in [1.54, 1.807) is 25.6 Å². The molecule has 1 aliphatic rings. The van der Waals surface area contributed by atoms with E-state index in [-0.39, 0.29) is 5.78 Å². The Morgan fingerprint density at radius 2 is 1.87 bits per heavy atom.